The van der Waals surface area contributed by atoms with Crippen LogP contribution in [0.15, 0.2) is 0 Å². The molecule has 0 N–H and O–H groups in total. The maximum atomic E-state index is 11.7. The topological polar surface area (TPSA) is 86.7 Å². The Morgan fingerprint density at radius 2 is 1.65 bits per heavy atom. The third-order valence-electron chi connectivity index (χ3n) is 2.57. The molecule has 1 fully saturated rings. The van der Waals surface area contributed by atoms with Crippen molar-refractivity contribution in [3.05, 3.63) is 0 Å². The summed E-state index contributed by atoms with van der Waals surface area (Å²) in [6, 6.07) is 0. The van der Waals surface area contributed by atoms with Crippen LogP contribution in [0.2, 0.25) is 0 Å². The molecule has 17 heavy (non-hydrogen) atoms. The van der Waals surface area contributed by atoms with E-state index >= 15 is 0 Å². The second-order valence-electron chi connectivity index (χ2n) is 3.69. The molecule has 1 saturated heterocycles. The van der Waals surface area contributed by atoms with Crippen LogP contribution in [0, 0.1) is 5.92 Å². The molecule has 1 aliphatic heterocycles. The molecule has 0 aliphatic carbocycles. The molecule has 0 aromatic rings. The van der Waals surface area contributed by atoms with E-state index in [2.05, 4.69) is 0 Å². The molecule has 0 saturated carbocycles. The fourth-order valence-corrected chi connectivity index (χ4v) is 3.79. The van der Waals surface area contributed by atoms with Crippen LogP contribution in [-0.4, -0.2) is 44.6 Å². The summed E-state index contributed by atoms with van der Waals surface area (Å²) in [5.74, 6) is -2.62. The molecule has 2 unspecified atom stereocenters. The molecule has 6 nitrogen and oxygen atoms in total. The highest BCUT2D eigenvalue weighted by molar-refractivity contribution is 7.93. The number of ether oxygens (including phenoxy) is 2. The Labute approximate surface area is 100 Å². The Kier molecular flexibility index (Phi) is 4.50. The lowest BCUT2D eigenvalue weighted by Gasteiger charge is -2.15. The fraction of sp³-hybridized carbons (Fsp3) is 0.800. The van der Waals surface area contributed by atoms with Gasteiger partial charge in [-0.2, -0.15) is 0 Å². The summed E-state index contributed by atoms with van der Waals surface area (Å²) in [4.78, 5) is 23.1. The first-order valence-corrected chi connectivity index (χ1v) is 7.20. The fourth-order valence-electron chi connectivity index (χ4n) is 1.85. The second-order valence-corrected chi connectivity index (χ2v) is 5.93. The van der Waals surface area contributed by atoms with Gasteiger partial charge in [0.2, 0.25) is 0 Å². The SMILES string of the molecule is CCOC(=O)C1CCS(=O)(=O)C1C(=O)OCC. The number of rotatable bonds is 4. The summed E-state index contributed by atoms with van der Waals surface area (Å²) in [5, 5.41) is -1.40. The summed E-state index contributed by atoms with van der Waals surface area (Å²) < 4.78 is 32.8. The number of carbonyl (C=O) groups excluding carboxylic acids is 2. The van der Waals surface area contributed by atoms with Crippen molar-refractivity contribution in [3.63, 3.8) is 0 Å². The molecular formula is C10H16O6S. The van der Waals surface area contributed by atoms with E-state index in [1.807, 2.05) is 0 Å². The average molecular weight is 264 g/mol. The van der Waals surface area contributed by atoms with Crippen molar-refractivity contribution in [2.45, 2.75) is 25.5 Å². The number of hydrogen-bond donors (Lipinski definition) is 0. The Balaban J connectivity index is 2.92. The van der Waals surface area contributed by atoms with Gasteiger partial charge in [0, 0.05) is 0 Å². The Hall–Kier alpha value is -1.11. The van der Waals surface area contributed by atoms with Gasteiger partial charge in [-0.1, -0.05) is 0 Å². The lowest BCUT2D eigenvalue weighted by molar-refractivity contribution is -0.153. The van der Waals surface area contributed by atoms with E-state index in [1.165, 1.54) is 0 Å². The lowest BCUT2D eigenvalue weighted by atomic mass is 10.0. The van der Waals surface area contributed by atoms with Gasteiger partial charge in [0.25, 0.3) is 0 Å². The van der Waals surface area contributed by atoms with Gasteiger partial charge in [-0.25, -0.2) is 8.42 Å². The van der Waals surface area contributed by atoms with Gasteiger partial charge in [-0.3, -0.25) is 9.59 Å². The standard InChI is InChI=1S/C10H16O6S/c1-3-15-9(11)7-5-6-17(13,14)8(7)10(12)16-4-2/h7-8H,3-6H2,1-2H3. The Bertz CT molecular complexity index is 399. The van der Waals surface area contributed by atoms with E-state index < -0.39 is 32.9 Å². The van der Waals surface area contributed by atoms with Crippen molar-refractivity contribution in [1.82, 2.24) is 0 Å². The minimum Gasteiger partial charge on any atom is -0.466 e. The van der Waals surface area contributed by atoms with Crippen molar-refractivity contribution in [1.29, 1.82) is 0 Å². The molecule has 98 valence electrons. The van der Waals surface area contributed by atoms with Crippen molar-refractivity contribution < 1.29 is 27.5 Å². The van der Waals surface area contributed by atoms with E-state index in [4.69, 9.17) is 9.47 Å². The van der Waals surface area contributed by atoms with Crippen LogP contribution in [-0.2, 0) is 28.9 Å². The molecule has 2 atom stereocenters. The van der Waals surface area contributed by atoms with Gasteiger partial charge < -0.3 is 9.47 Å². The first kappa shape index (κ1) is 14.0. The van der Waals surface area contributed by atoms with E-state index in [-0.39, 0.29) is 25.4 Å². The van der Waals surface area contributed by atoms with Crippen LogP contribution in [0.1, 0.15) is 20.3 Å². The van der Waals surface area contributed by atoms with Crippen LogP contribution in [0.3, 0.4) is 0 Å². The molecule has 1 aliphatic rings. The lowest BCUT2D eigenvalue weighted by Crippen LogP contribution is -2.37. The molecule has 0 radical (unpaired) electrons. The van der Waals surface area contributed by atoms with Crippen LogP contribution in [0.4, 0.5) is 0 Å². The maximum absolute atomic E-state index is 11.7. The molecule has 0 spiro atoms. The molecule has 0 aromatic heterocycles. The highest BCUT2D eigenvalue weighted by Crippen LogP contribution is 2.29. The zero-order valence-corrected chi connectivity index (χ0v) is 10.7. The smallest absolute Gasteiger partial charge is 0.325 e. The number of sulfone groups is 1. The van der Waals surface area contributed by atoms with Gasteiger partial charge in [0.15, 0.2) is 15.1 Å². The van der Waals surface area contributed by atoms with Crippen molar-refractivity contribution in [3.8, 4) is 0 Å². The van der Waals surface area contributed by atoms with Crippen LogP contribution in [0.25, 0.3) is 0 Å². The van der Waals surface area contributed by atoms with Gasteiger partial charge in [0.1, 0.15) is 0 Å². The van der Waals surface area contributed by atoms with Gasteiger partial charge in [-0.05, 0) is 20.3 Å². The first-order valence-electron chi connectivity index (χ1n) is 5.48. The molecular weight excluding hydrogens is 248 g/mol. The predicted octanol–water partition coefficient (Wildman–Crippen LogP) is -0.0841. The third kappa shape index (κ3) is 2.96. The monoisotopic (exact) mass is 264 g/mol. The van der Waals surface area contributed by atoms with Crippen LogP contribution >= 0.6 is 0 Å². The first-order chi connectivity index (χ1) is 7.94. The van der Waals surface area contributed by atoms with Gasteiger partial charge in [0.05, 0.1) is 24.9 Å². The summed E-state index contributed by atoms with van der Waals surface area (Å²) in [7, 11) is -3.60. The molecule has 0 aromatic carbocycles. The molecule has 0 amide bonds. The number of hydrogen-bond acceptors (Lipinski definition) is 6. The Morgan fingerprint density at radius 3 is 2.18 bits per heavy atom. The van der Waals surface area contributed by atoms with E-state index in [9.17, 15) is 18.0 Å². The van der Waals surface area contributed by atoms with Crippen LogP contribution < -0.4 is 0 Å². The van der Waals surface area contributed by atoms with Crippen molar-refractivity contribution in [2.24, 2.45) is 5.92 Å². The largest absolute Gasteiger partial charge is 0.466 e. The minimum atomic E-state index is -3.60. The third-order valence-corrected chi connectivity index (χ3v) is 4.67. The number of esters is 2. The van der Waals surface area contributed by atoms with Crippen molar-refractivity contribution in [2.75, 3.05) is 19.0 Å². The summed E-state index contributed by atoms with van der Waals surface area (Å²) in [6.45, 7) is 3.45. The van der Waals surface area contributed by atoms with E-state index in [1.54, 1.807) is 13.8 Å². The highest BCUT2D eigenvalue weighted by Gasteiger charge is 2.50. The number of carbonyl (C=O) groups is 2. The quantitative estimate of drug-likeness (QED) is 0.660. The predicted molar refractivity (Wildman–Crippen MR) is 58.9 cm³/mol. The molecule has 0 bridgehead atoms. The van der Waals surface area contributed by atoms with Crippen molar-refractivity contribution >= 4 is 21.8 Å². The molecule has 1 rings (SSSR count). The van der Waals surface area contributed by atoms with Crippen LogP contribution in [0.5, 0.6) is 0 Å². The zero-order valence-electron chi connectivity index (χ0n) is 9.84. The summed E-state index contributed by atoms with van der Waals surface area (Å²) >= 11 is 0. The average Bonchev–Trinajstić information content (AvgIpc) is 2.55. The normalized spacial score (nSPS) is 26.5. The highest BCUT2D eigenvalue weighted by atomic mass is 32.2. The summed E-state index contributed by atoms with van der Waals surface area (Å²) in [6.07, 6.45) is 0.116. The van der Waals surface area contributed by atoms with E-state index in [0.717, 1.165) is 0 Å². The summed E-state index contributed by atoms with van der Waals surface area (Å²) in [5.41, 5.74) is 0. The zero-order chi connectivity index (χ0) is 13.1. The maximum Gasteiger partial charge on any atom is 0.325 e. The molecule has 1 heterocycles. The second kappa shape index (κ2) is 5.48. The van der Waals surface area contributed by atoms with Gasteiger partial charge in [-0.15, -0.1) is 0 Å². The van der Waals surface area contributed by atoms with E-state index in [0.29, 0.717) is 0 Å². The minimum absolute atomic E-state index is 0.0837. The molecule has 7 heteroatoms. The Morgan fingerprint density at radius 1 is 1.12 bits per heavy atom. The van der Waals surface area contributed by atoms with Gasteiger partial charge >= 0.3 is 11.9 Å².